The molecule has 0 heterocycles. The van der Waals surface area contributed by atoms with Crippen molar-refractivity contribution >= 4 is 11.8 Å². The first-order valence-corrected chi connectivity index (χ1v) is 6.28. The first-order valence-electron chi connectivity index (χ1n) is 5.05. The van der Waals surface area contributed by atoms with E-state index in [1.807, 2.05) is 6.92 Å². The van der Waals surface area contributed by atoms with Crippen LogP contribution >= 0.6 is 11.8 Å². The van der Waals surface area contributed by atoms with E-state index in [-0.39, 0.29) is 6.04 Å². The Kier molecular flexibility index (Phi) is 4.48. The molecule has 0 bridgehead atoms. The van der Waals surface area contributed by atoms with E-state index in [2.05, 4.69) is 25.3 Å². The van der Waals surface area contributed by atoms with Gasteiger partial charge in [-0.25, -0.2) is 0 Å². The van der Waals surface area contributed by atoms with Gasteiger partial charge in [0.2, 0.25) is 0 Å². The highest BCUT2D eigenvalue weighted by molar-refractivity contribution is 7.98. The molecule has 2 nitrogen and oxygen atoms in total. The topological polar surface area (TPSA) is 35.2 Å². The van der Waals surface area contributed by atoms with Gasteiger partial charge in [0.15, 0.2) is 0 Å². The van der Waals surface area contributed by atoms with Gasteiger partial charge in [-0.15, -0.1) is 11.8 Å². The number of hydrogen-bond donors (Lipinski definition) is 1. The van der Waals surface area contributed by atoms with Gasteiger partial charge in [0.05, 0.1) is 7.11 Å². The highest BCUT2D eigenvalue weighted by atomic mass is 32.2. The molecule has 1 atom stereocenters. The Morgan fingerprint density at radius 3 is 2.60 bits per heavy atom. The Balaban J connectivity index is 3.10. The van der Waals surface area contributed by atoms with Crippen molar-refractivity contribution < 1.29 is 4.74 Å². The molecule has 0 saturated carbocycles. The molecule has 1 aromatic rings. The van der Waals surface area contributed by atoms with Crippen molar-refractivity contribution in [1.29, 1.82) is 0 Å². The number of ether oxygens (including phenoxy) is 1. The van der Waals surface area contributed by atoms with Gasteiger partial charge in [-0.05, 0) is 49.8 Å². The van der Waals surface area contributed by atoms with Crippen LogP contribution in [0.4, 0.5) is 0 Å². The van der Waals surface area contributed by atoms with Crippen LogP contribution in [0.3, 0.4) is 0 Å². The first-order chi connectivity index (χ1) is 7.08. The summed E-state index contributed by atoms with van der Waals surface area (Å²) in [6.07, 6.45) is 2.98. The molecular weight excluding hydrogens is 206 g/mol. The van der Waals surface area contributed by atoms with Gasteiger partial charge < -0.3 is 10.5 Å². The maximum Gasteiger partial charge on any atom is 0.122 e. The Morgan fingerprint density at radius 2 is 2.13 bits per heavy atom. The van der Waals surface area contributed by atoms with Gasteiger partial charge in [-0.3, -0.25) is 0 Å². The molecule has 0 radical (unpaired) electrons. The smallest absolute Gasteiger partial charge is 0.122 e. The van der Waals surface area contributed by atoms with Crippen LogP contribution in [0.1, 0.15) is 18.1 Å². The Bertz CT molecular complexity index is 337. The monoisotopic (exact) mass is 225 g/mol. The summed E-state index contributed by atoms with van der Waals surface area (Å²) in [4.78, 5) is 1.30. The van der Waals surface area contributed by atoms with Crippen LogP contribution in [0.25, 0.3) is 0 Å². The van der Waals surface area contributed by atoms with Gasteiger partial charge in [-0.2, -0.15) is 0 Å². The zero-order valence-electron chi connectivity index (χ0n) is 9.83. The van der Waals surface area contributed by atoms with Crippen LogP contribution in [0, 0.1) is 6.92 Å². The average molecular weight is 225 g/mol. The molecule has 3 heteroatoms. The molecule has 0 fully saturated rings. The molecule has 0 amide bonds. The minimum Gasteiger partial charge on any atom is -0.496 e. The maximum absolute atomic E-state index is 5.83. The predicted octanol–water partition coefficient (Wildman–Crippen LogP) is 2.62. The third-order valence-electron chi connectivity index (χ3n) is 2.34. The molecule has 15 heavy (non-hydrogen) atoms. The predicted molar refractivity (Wildman–Crippen MR) is 66.9 cm³/mol. The number of methoxy groups -OCH3 is 1. The van der Waals surface area contributed by atoms with E-state index < -0.39 is 0 Å². The van der Waals surface area contributed by atoms with Crippen LogP contribution in [-0.2, 0) is 6.42 Å². The molecule has 0 aromatic heterocycles. The van der Waals surface area contributed by atoms with Gasteiger partial charge in [0, 0.05) is 10.9 Å². The third-order valence-corrected chi connectivity index (χ3v) is 3.16. The van der Waals surface area contributed by atoms with Gasteiger partial charge in [0.25, 0.3) is 0 Å². The van der Waals surface area contributed by atoms with Gasteiger partial charge in [0.1, 0.15) is 5.75 Å². The summed E-state index contributed by atoms with van der Waals surface area (Å²) in [7, 11) is 1.71. The minimum atomic E-state index is 0.184. The Hall–Kier alpha value is -0.670. The lowest BCUT2D eigenvalue weighted by atomic mass is 10.0. The maximum atomic E-state index is 5.83. The highest BCUT2D eigenvalue weighted by Crippen LogP contribution is 2.29. The number of hydrogen-bond acceptors (Lipinski definition) is 3. The van der Waals surface area contributed by atoms with E-state index in [0.717, 1.165) is 12.2 Å². The van der Waals surface area contributed by atoms with Crippen molar-refractivity contribution in [3.63, 3.8) is 0 Å². The van der Waals surface area contributed by atoms with Crippen molar-refractivity contribution in [2.45, 2.75) is 31.2 Å². The number of thioether (sulfide) groups is 1. The van der Waals surface area contributed by atoms with E-state index in [9.17, 15) is 0 Å². The first kappa shape index (κ1) is 12.4. The fraction of sp³-hybridized carbons (Fsp3) is 0.500. The van der Waals surface area contributed by atoms with Crippen LogP contribution in [0.5, 0.6) is 5.75 Å². The van der Waals surface area contributed by atoms with E-state index in [1.165, 1.54) is 16.0 Å². The van der Waals surface area contributed by atoms with E-state index in [0.29, 0.717) is 0 Å². The summed E-state index contributed by atoms with van der Waals surface area (Å²) in [5.41, 5.74) is 8.28. The number of aryl methyl sites for hydroxylation is 1. The van der Waals surface area contributed by atoms with Crippen LogP contribution in [0.15, 0.2) is 17.0 Å². The summed E-state index contributed by atoms with van der Waals surface area (Å²) < 4.78 is 5.32. The fourth-order valence-corrected chi connectivity index (χ4v) is 2.32. The van der Waals surface area contributed by atoms with Crippen molar-refractivity contribution in [2.24, 2.45) is 5.73 Å². The second kappa shape index (κ2) is 5.42. The zero-order chi connectivity index (χ0) is 11.4. The van der Waals surface area contributed by atoms with Crippen molar-refractivity contribution in [3.05, 3.63) is 23.3 Å². The Morgan fingerprint density at radius 1 is 1.47 bits per heavy atom. The molecule has 2 N–H and O–H groups in total. The minimum absolute atomic E-state index is 0.184. The standard InChI is InChI=1S/C12H19NOS/c1-8-5-12(15-4)10(6-9(2)13)7-11(8)14-3/h5,7,9H,6,13H2,1-4H3. The molecule has 0 aliphatic rings. The van der Waals surface area contributed by atoms with Crippen LogP contribution in [0.2, 0.25) is 0 Å². The van der Waals surface area contributed by atoms with Crippen LogP contribution in [-0.4, -0.2) is 19.4 Å². The normalized spacial score (nSPS) is 12.6. The summed E-state index contributed by atoms with van der Waals surface area (Å²) in [6.45, 7) is 4.09. The highest BCUT2D eigenvalue weighted by Gasteiger charge is 2.08. The van der Waals surface area contributed by atoms with E-state index in [1.54, 1.807) is 18.9 Å². The van der Waals surface area contributed by atoms with Crippen LogP contribution < -0.4 is 10.5 Å². The Labute approximate surface area is 96.2 Å². The largest absolute Gasteiger partial charge is 0.496 e. The number of benzene rings is 1. The van der Waals surface area contributed by atoms with Crippen molar-refractivity contribution in [1.82, 2.24) is 0 Å². The third kappa shape index (κ3) is 3.14. The molecule has 1 rings (SSSR count). The molecule has 84 valence electrons. The lowest BCUT2D eigenvalue weighted by Crippen LogP contribution is -2.18. The van der Waals surface area contributed by atoms with Crippen molar-refractivity contribution in [3.8, 4) is 5.75 Å². The zero-order valence-corrected chi connectivity index (χ0v) is 10.6. The summed E-state index contributed by atoms with van der Waals surface area (Å²) in [5, 5.41) is 0. The lowest BCUT2D eigenvalue weighted by molar-refractivity contribution is 0.410. The fourth-order valence-electron chi connectivity index (χ4n) is 1.62. The molecule has 0 saturated heterocycles. The number of nitrogens with two attached hydrogens (primary N) is 1. The molecule has 1 aromatic carbocycles. The summed E-state index contributed by atoms with van der Waals surface area (Å²) in [6, 6.07) is 4.45. The molecule has 0 aliphatic carbocycles. The van der Waals surface area contributed by atoms with Crippen molar-refractivity contribution in [2.75, 3.05) is 13.4 Å². The van der Waals surface area contributed by atoms with E-state index >= 15 is 0 Å². The van der Waals surface area contributed by atoms with E-state index in [4.69, 9.17) is 10.5 Å². The summed E-state index contributed by atoms with van der Waals surface area (Å²) in [5.74, 6) is 0.948. The molecule has 1 unspecified atom stereocenters. The number of rotatable bonds is 4. The molecule has 0 spiro atoms. The quantitative estimate of drug-likeness (QED) is 0.800. The average Bonchev–Trinajstić information content (AvgIpc) is 2.19. The second-order valence-electron chi connectivity index (χ2n) is 3.82. The SMILES string of the molecule is COc1cc(CC(C)N)c(SC)cc1C. The van der Waals surface area contributed by atoms with Gasteiger partial charge in [-0.1, -0.05) is 0 Å². The summed E-state index contributed by atoms with van der Waals surface area (Å²) >= 11 is 1.76. The molecular formula is C12H19NOS. The molecule has 0 aliphatic heterocycles. The lowest BCUT2D eigenvalue weighted by Gasteiger charge is -2.14. The van der Waals surface area contributed by atoms with Gasteiger partial charge >= 0.3 is 0 Å². The second-order valence-corrected chi connectivity index (χ2v) is 4.66.